The monoisotopic (exact) mass is 302 g/mol. The molecule has 0 radical (unpaired) electrons. The van der Waals surface area contributed by atoms with E-state index >= 15 is 0 Å². The number of aryl methyl sites for hydroxylation is 1. The molecule has 4 nitrogen and oxygen atoms in total. The van der Waals surface area contributed by atoms with Gasteiger partial charge < -0.3 is 9.52 Å². The zero-order valence-corrected chi connectivity index (χ0v) is 12.5. The van der Waals surface area contributed by atoms with Gasteiger partial charge in [-0.2, -0.15) is 0 Å². The van der Waals surface area contributed by atoms with Crippen LogP contribution in [0.4, 0.5) is 4.39 Å². The third kappa shape index (κ3) is 2.34. The molecular weight excluding hydrogens is 283 g/mol. The molecular formula is C17H19FN2O2. The Morgan fingerprint density at radius 3 is 2.77 bits per heavy atom. The van der Waals surface area contributed by atoms with E-state index < -0.39 is 0 Å². The molecule has 0 unspecified atom stereocenters. The van der Waals surface area contributed by atoms with E-state index in [1.54, 1.807) is 12.1 Å². The molecule has 2 aliphatic rings. The van der Waals surface area contributed by atoms with Crippen LogP contribution in [0.2, 0.25) is 0 Å². The molecule has 0 bridgehead atoms. The molecule has 1 aromatic heterocycles. The number of oxazole rings is 1. The molecule has 2 heterocycles. The van der Waals surface area contributed by atoms with E-state index in [0.717, 1.165) is 43.1 Å². The first kappa shape index (κ1) is 13.9. The maximum atomic E-state index is 13.0. The van der Waals surface area contributed by atoms with Crippen LogP contribution in [0.5, 0.6) is 0 Å². The summed E-state index contributed by atoms with van der Waals surface area (Å²) in [6.07, 6.45) is 0.808. The zero-order valence-electron chi connectivity index (χ0n) is 12.5. The molecule has 1 aliphatic heterocycles. The highest BCUT2D eigenvalue weighted by Crippen LogP contribution is 2.41. The van der Waals surface area contributed by atoms with Crippen LogP contribution in [0.1, 0.15) is 17.9 Å². The molecule has 2 fully saturated rings. The average molecular weight is 302 g/mol. The fraction of sp³-hybridized carbons (Fsp3) is 0.471. The molecule has 1 aromatic carbocycles. The van der Waals surface area contributed by atoms with Gasteiger partial charge in [0.1, 0.15) is 11.6 Å². The Morgan fingerprint density at radius 1 is 1.32 bits per heavy atom. The zero-order chi connectivity index (χ0) is 15.3. The summed E-state index contributed by atoms with van der Waals surface area (Å²) in [6, 6.07) is 6.18. The van der Waals surface area contributed by atoms with Gasteiger partial charge >= 0.3 is 0 Å². The van der Waals surface area contributed by atoms with E-state index in [-0.39, 0.29) is 11.9 Å². The van der Waals surface area contributed by atoms with Crippen LogP contribution in [0.25, 0.3) is 11.5 Å². The number of aliphatic hydroxyl groups is 1. The number of nitrogens with zero attached hydrogens (tertiary/aromatic N) is 2. The lowest BCUT2D eigenvalue weighted by atomic mass is 9.74. The van der Waals surface area contributed by atoms with Crippen LogP contribution in [0, 0.1) is 24.6 Å². The standard InChI is InChI=1S/C17H19FN2O2/c1-10-15(9-20-7-12-6-16(21)14(12)8-20)19-17(22-10)11-2-4-13(18)5-3-11/h2-5,12,14,16,21H,6-9H2,1H3/t12-,14+,16-/m1/s1. The number of hydrogen-bond acceptors (Lipinski definition) is 4. The van der Waals surface area contributed by atoms with Gasteiger partial charge in [-0.3, -0.25) is 4.90 Å². The van der Waals surface area contributed by atoms with Crippen LogP contribution in [0.3, 0.4) is 0 Å². The molecule has 2 aromatic rings. The van der Waals surface area contributed by atoms with Gasteiger partial charge in [0.05, 0.1) is 11.8 Å². The summed E-state index contributed by atoms with van der Waals surface area (Å²) in [5.41, 5.74) is 1.71. The molecule has 1 saturated carbocycles. The van der Waals surface area contributed by atoms with Crippen molar-refractivity contribution in [3.63, 3.8) is 0 Å². The molecule has 1 aliphatic carbocycles. The van der Waals surface area contributed by atoms with Crippen LogP contribution >= 0.6 is 0 Å². The molecule has 3 atom stereocenters. The molecule has 116 valence electrons. The number of fused-ring (bicyclic) bond motifs is 1. The van der Waals surface area contributed by atoms with Gasteiger partial charge in [0, 0.05) is 31.1 Å². The normalized spacial score (nSPS) is 27.7. The van der Waals surface area contributed by atoms with Gasteiger partial charge in [-0.15, -0.1) is 0 Å². The van der Waals surface area contributed by atoms with Gasteiger partial charge in [-0.25, -0.2) is 9.37 Å². The Bertz CT molecular complexity index is 682. The van der Waals surface area contributed by atoms with Gasteiger partial charge in [0.25, 0.3) is 0 Å². The minimum atomic E-state index is -0.265. The second-order valence-electron chi connectivity index (χ2n) is 6.45. The summed E-state index contributed by atoms with van der Waals surface area (Å²) in [7, 11) is 0. The summed E-state index contributed by atoms with van der Waals surface area (Å²) in [4.78, 5) is 6.91. The predicted molar refractivity (Wildman–Crippen MR) is 79.5 cm³/mol. The molecule has 1 saturated heterocycles. The molecule has 0 spiro atoms. The number of aliphatic hydroxyl groups excluding tert-OH is 1. The minimum absolute atomic E-state index is 0.122. The van der Waals surface area contributed by atoms with Crippen molar-refractivity contribution in [2.45, 2.75) is 26.0 Å². The Balaban J connectivity index is 1.50. The highest BCUT2D eigenvalue weighted by atomic mass is 19.1. The van der Waals surface area contributed by atoms with Crippen molar-refractivity contribution in [1.29, 1.82) is 0 Å². The van der Waals surface area contributed by atoms with E-state index in [1.165, 1.54) is 12.1 Å². The molecule has 22 heavy (non-hydrogen) atoms. The quantitative estimate of drug-likeness (QED) is 0.947. The van der Waals surface area contributed by atoms with Crippen molar-refractivity contribution in [2.75, 3.05) is 13.1 Å². The van der Waals surface area contributed by atoms with Gasteiger partial charge in [0.2, 0.25) is 5.89 Å². The van der Waals surface area contributed by atoms with E-state index in [0.29, 0.717) is 17.7 Å². The first-order valence-corrected chi connectivity index (χ1v) is 7.73. The maximum Gasteiger partial charge on any atom is 0.226 e. The maximum absolute atomic E-state index is 13.0. The SMILES string of the molecule is Cc1oc(-c2ccc(F)cc2)nc1CN1C[C@H]2C[C@@H](O)[C@H]2C1. The Labute approximate surface area is 128 Å². The van der Waals surface area contributed by atoms with Crippen molar-refractivity contribution in [3.8, 4) is 11.5 Å². The summed E-state index contributed by atoms with van der Waals surface area (Å²) in [5.74, 6) is 2.15. The number of rotatable bonds is 3. The summed E-state index contributed by atoms with van der Waals surface area (Å²) < 4.78 is 18.7. The van der Waals surface area contributed by atoms with E-state index in [1.807, 2.05) is 6.92 Å². The first-order valence-electron chi connectivity index (χ1n) is 7.73. The Kier molecular flexibility index (Phi) is 3.27. The number of halogens is 1. The number of likely N-dealkylation sites (tertiary alicyclic amines) is 1. The summed E-state index contributed by atoms with van der Waals surface area (Å²) in [5, 5.41) is 9.74. The van der Waals surface area contributed by atoms with Crippen LogP contribution < -0.4 is 0 Å². The fourth-order valence-corrected chi connectivity index (χ4v) is 3.59. The topological polar surface area (TPSA) is 49.5 Å². The Morgan fingerprint density at radius 2 is 2.09 bits per heavy atom. The van der Waals surface area contributed by atoms with E-state index in [4.69, 9.17) is 4.42 Å². The minimum Gasteiger partial charge on any atom is -0.441 e. The van der Waals surface area contributed by atoms with Crippen molar-refractivity contribution < 1.29 is 13.9 Å². The average Bonchev–Trinajstić information content (AvgIpc) is 3.01. The first-order chi connectivity index (χ1) is 10.6. The fourth-order valence-electron chi connectivity index (χ4n) is 3.59. The predicted octanol–water partition coefficient (Wildman–Crippen LogP) is 2.60. The van der Waals surface area contributed by atoms with Gasteiger partial charge in [-0.05, 0) is 43.5 Å². The van der Waals surface area contributed by atoms with Crippen molar-refractivity contribution in [1.82, 2.24) is 9.88 Å². The van der Waals surface area contributed by atoms with Gasteiger partial charge in [-0.1, -0.05) is 0 Å². The molecule has 5 heteroatoms. The van der Waals surface area contributed by atoms with Crippen LogP contribution in [0.15, 0.2) is 28.7 Å². The molecule has 1 N–H and O–H groups in total. The number of aromatic nitrogens is 1. The lowest BCUT2D eigenvalue weighted by Crippen LogP contribution is -2.39. The summed E-state index contributed by atoms with van der Waals surface area (Å²) >= 11 is 0. The van der Waals surface area contributed by atoms with Crippen LogP contribution in [-0.2, 0) is 6.54 Å². The van der Waals surface area contributed by atoms with Crippen molar-refractivity contribution in [3.05, 3.63) is 41.5 Å². The lowest BCUT2D eigenvalue weighted by Gasteiger charge is -2.35. The smallest absolute Gasteiger partial charge is 0.226 e. The highest BCUT2D eigenvalue weighted by molar-refractivity contribution is 5.53. The van der Waals surface area contributed by atoms with Crippen LogP contribution in [-0.4, -0.2) is 34.2 Å². The second-order valence-corrected chi connectivity index (χ2v) is 6.45. The van der Waals surface area contributed by atoms with E-state index in [2.05, 4.69) is 9.88 Å². The van der Waals surface area contributed by atoms with Crippen molar-refractivity contribution in [2.24, 2.45) is 11.8 Å². The Hall–Kier alpha value is -1.72. The summed E-state index contributed by atoms with van der Waals surface area (Å²) in [6.45, 7) is 4.62. The molecule has 0 amide bonds. The highest BCUT2D eigenvalue weighted by Gasteiger charge is 2.46. The third-order valence-electron chi connectivity index (χ3n) is 4.96. The lowest BCUT2D eigenvalue weighted by molar-refractivity contribution is -0.00435. The van der Waals surface area contributed by atoms with Crippen molar-refractivity contribution >= 4 is 0 Å². The second kappa shape index (κ2) is 5.18. The van der Waals surface area contributed by atoms with Gasteiger partial charge in [0.15, 0.2) is 0 Å². The third-order valence-corrected chi connectivity index (χ3v) is 4.96. The van der Waals surface area contributed by atoms with E-state index in [9.17, 15) is 9.50 Å². The largest absolute Gasteiger partial charge is 0.441 e. The number of hydrogen-bond donors (Lipinski definition) is 1. The number of benzene rings is 1. The molecule has 4 rings (SSSR count).